The van der Waals surface area contributed by atoms with E-state index in [-0.39, 0.29) is 5.82 Å². The number of hydrogen-bond acceptors (Lipinski definition) is 3. The third-order valence-electron chi connectivity index (χ3n) is 2.71. The molecule has 0 radical (unpaired) electrons. The molecular weight excluding hydrogens is 327 g/mol. The fourth-order valence-corrected chi connectivity index (χ4v) is 3.01. The van der Waals surface area contributed by atoms with Crippen molar-refractivity contribution in [3.63, 3.8) is 0 Å². The summed E-state index contributed by atoms with van der Waals surface area (Å²) >= 11 is 5.00. The summed E-state index contributed by atoms with van der Waals surface area (Å²) in [6, 6.07) is 10.7. The first-order chi connectivity index (χ1) is 9.11. The lowest BCUT2D eigenvalue weighted by Crippen LogP contribution is -1.91. The number of aromatic nitrogens is 1. The molecule has 0 aliphatic rings. The molecule has 2 aromatic carbocycles. The summed E-state index contributed by atoms with van der Waals surface area (Å²) in [5.41, 5.74) is 2.80. The minimum absolute atomic E-state index is 0.263. The van der Waals surface area contributed by atoms with E-state index < -0.39 is 0 Å². The van der Waals surface area contributed by atoms with Gasteiger partial charge in [0.05, 0.1) is 15.9 Å². The van der Waals surface area contributed by atoms with Crippen molar-refractivity contribution in [1.82, 2.24) is 4.98 Å². The van der Waals surface area contributed by atoms with Gasteiger partial charge >= 0.3 is 0 Å². The van der Waals surface area contributed by atoms with Gasteiger partial charge in [-0.15, -0.1) is 0 Å². The van der Waals surface area contributed by atoms with Crippen molar-refractivity contribution in [2.45, 2.75) is 6.92 Å². The molecule has 0 atom stereocenters. The van der Waals surface area contributed by atoms with Crippen LogP contribution in [0.3, 0.4) is 0 Å². The van der Waals surface area contributed by atoms with Gasteiger partial charge < -0.3 is 5.32 Å². The highest BCUT2D eigenvalue weighted by Gasteiger charge is 2.07. The molecule has 3 aromatic rings. The highest BCUT2D eigenvalue weighted by Crippen LogP contribution is 2.32. The Bertz CT molecular complexity index is 754. The summed E-state index contributed by atoms with van der Waals surface area (Å²) in [4.78, 5) is 4.39. The fourth-order valence-electron chi connectivity index (χ4n) is 1.80. The maximum atomic E-state index is 13.1. The van der Waals surface area contributed by atoms with Crippen LogP contribution in [0.15, 0.2) is 40.9 Å². The van der Waals surface area contributed by atoms with Gasteiger partial charge in [-0.2, -0.15) is 0 Å². The number of nitrogens with one attached hydrogen (secondary N) is 1. The number of benzene rings is 2. The molecule has 5 heteroatoms. The summed E-state index contributed by atoms with van der Waals surface area (Å²) in [5.74, 6) is -0.263. The van der Waals surface area contributed by atoms with E-state index >= 15 is 0 Å². The van der Waals surface area contributed by atoms with Crippen molar-refractivity contribution in [3.05, 3.63) is 52.3 Å². The quantitative estimate of drug-likeness (QED) is 0.691. The second-order valence-corrected chi connectivity index (χ2v) is 6.12. The predicted octanol–water partition coefficient (Wildman–Crippen LogP) is 5.25. The Morgan fingerprint density at radius 1 is 1.21 bits per heavy atom. The van der Waals surface area contributed by atoms with Crippen LogP contribution in [0.25, 0.3) is 10.2 Å². The lowest BCUT2D eigenvalue weighted by atomic mass is 10.2. The number of hydrogen-bond donors (Lipinski definition) is 1. The van der Waals surface area contributed by atoms with Crippen LogP contribution in [-0.4, -0.2) is 4.98 Å². The molecule has 1 aromatic heterocycles. The Morgan fingerprint density at radius 2 is 2.05 bits per heavy atom. The summed E-state index contributed by atoms with van der Waals surface area (Å²) in [6.07, 6.45) is 0. The van der Waals surface area contributed by atoms with Crippen LogP contribution in [0.5, 0.6) is 0 Å². The summed E-state index contributed by atoms with van der Waals surface area (Å²) < 4.78 is 15.1. The third-order valence-corrected chi connectivity index (χ3v) is 4.36. The molecule has 0 aliphatic carbocycles. The first kappa shape index (κ1) is 12.6. The second-order valence-electron chi connectivity index (χ2n) is 4.24. The van der Waals surface area contributed by atoms with Gasteiger partial charge in [-0.3, -0.25) is 0 Å². The topological polar surface area (TPSA) is 24.9 Å². The van der Waals surface area contributed by atoms with E-state index in [0.717, 1.165) is 25.6 Å². The van der Waals surface area contributed by atoms with Crippen LogP contribution in [0.1, 0.15) is 5.56 Å². The van der Waals surface area contributed by atoms with Crippen LogP contribution >= 0.6 is 27.3 Å². The second kappa shape index (κ2) is 4.90. The van der Waals surface area contributed by atoms with E-state index in [1.807, 2.05) is 25.1 Å². The van der Waals surface area contributed by atoms with Gasteiger partial charge in [0.25, 0.3) is 0 Å². The Kier molecular flexibility index (Phi) is 3.24. The van der Waals surface area contributed by atoms with Gasteiger partial charge in [-0.05, 0) is 52.7 Å². The standard InChI is InChI=1S/C14H10BrFN2S/c1-8-2-4-10(15)11(6-8)17-14-18-12-7-9(16)3-5-13(12)19-14/h2-7H,1H3,(H,17,18). The lowest BCUT2D eigenvalue weighted by molar-refractivity contribution is 0.629. The molecule has 0 saturated carbocycles. The van der Waals surface area contributed by atoms with Crippen LogP contribution in [-0.2, 0) is 0 Å². The molecule has 0 spiro atoms. The Hall–Kier alpha value is -1.46. The van der Waals surface area contributed by atoms with E-state index in [9.17, 15) is 4.39 Å². The zero-order valence-corrected chi connectivity index (χ0v) is 12.5. The van der Waals surface area contributed by atoms with Crippen molar-refractivity contribution in [3.8, 4) is 0 Å². The van der Waals surface area contributed by atoms with Crippen LogP contribution in [0.4, 0.5) is 15.2 Å². The van der Waals surface area contributed by atoms with Crippen LogP contribution in [0, 0.1) is 12.7 Å². The first-order valence-corrected chi connectivity index (χ1v) is 7.32. The van der Waals surface area contributed by atoms with Crippen molar-refractivity contribution >= 4 is 48.3 Å². The number of nitrogens with zero attached hydrogens (tertiary/aromatic N) is 1. The molecule has 3 rings (SSSR count). The molecule has 19 heavy (non-hydrogen) atoms. The van der Waals surface area contributed by atoms with E-state index in [1.165, 1.54) is 23.5 Å². The normalized spacial score (nSPS) is 10.9. The molecule has 0 bridgehead atoms. The number of anilines is 2. The molecule has 1 N–H and O–H groups in total. The smallest absolute Gasteiger partial charge is 0.188 e. The van der Waals surface area contributed by atoms with Gasteiger partial charge in [0.15, 0.2) is 5.13 Å². The zero-order valence-electron chi connectivity index (χ0n) is 10.1. The van der Waals surface area contributed by atoms with Crippen molar-refractivity contribution < 1.29 is 4.39 Å². The molecule has 0 saturated heterocycles. The van der Waals surface area contributed by atoms with Gasteiger partial charge in [0, 0.05) is 10.5 Å². The van der Waals surface area contributed by atoms with E-state index in [0.29, 0.717) is 5.52 Å². The SMILES string of the molecule is Cc1ccc(Br)c(Nc2nc3cc(F)ccc3s2)c1. The molecule has 0 aliphatic heterocycles. The maximum absolute atomic E-state index is 13.1. The first-order valence-electron chi connectivity index (χ1n) is 5.71. The lowest BCUT2D eigenvalue weighted by Gasteiger charge is -2.06. The van der Waals surface area contributed by atoms with E-state index in [4.69, 9.17) is 0 Å². The number of thiazole rings is 1. The Balaban J connectivity index is 1.98. The minimum atomic E-state index is -0.263. The molecule has 1 heterocycles. The van der Waals surface area contributed by atoms with Crippen LogP contribution in [0.2, 0.25) is 0 Å². The molecule has 0 fully saturated rings. The highest BCUT2D eigenvalue weighted by molar-refractivity contribution is 9.10. The molecule has 96 valence electrons. The van der Waals surface area contributed by atoms with Gasteiger partial charge in [-0.1, -0.05) is 17.4 Å². The average Bonchev–Trinajstić information content (AvgIpc) is 2.75. The highest BCUT2D eigenvalue weighted by atomic mass is 79.9. The van der Waals surface area contributed by atoms with Crippen molar-refractivity contribution in [2.75, 3.05) is 5.32 Å². The molecule has 0 amide bonds. The Labute approximate surface area is 122 Å². The number of fused-ring (bicyclic) bond motifs is 1. The van der Waals surface area contributed by atoms with Gasteiger partial charge in [0.1, 0.15) is 5.82 Å². The molecular formula is C14H10BrFN2S. The van der Waals surface area contributed by atoms with E-state index in [2.05, 4.69) is 26.2 Å². The summed E-state index contributed by atoms with van der Waals surface area (Å²) in [6.45, 7) is 2.03. The molecule has 0 unspecified atom stereocenters. The van der Waals surface area contributed by atoms with Crippen molar-refractivity contribution in [2.24, 2.45) is 0 Å². The molecule has 2 nitrogen and oxygen atoms in total. The third kappa shape index (κ3) is 2.62. The number of rotatable bonds is 2. The monoisotopic (exact) mass is 336 g/mol. The summed E-state index contributed by atoms with van der Waals surface area (Å²) in [5, 5.41) is 4.02. The fraction of sp³-hybridized carbons (Fsp3) is 0.0714. The van der Waals surface area contributed by atoms with Gasteiger partial charge in [0.2, 0.25) is 0 Å². The average molecular weight is 337 g/mol. The van der Waals surface area contributed by atoms with Crippen molar-refractivity contribution in [1.29, 1.82) is 0 Å². The minimum Gasteiger partial charge on any atom is -0.331 e. The summed E-state index contributed by atoms with van der Waals surface area (Å²) in [7, 11) is 0. The maximum Gasteiger partial charge on any atom is 0.188 e. The number of aryl methyl sites for hydroxylation is 1. The Morgan fingerprint density at radius 3 is 2.89 bits per heavy atom. The van der Waals surface area contributed by atoms with Gasteiger partial charge in [-0.25, -0.2) is 9.37 Å². The van der Waals surface area contributed by atoms with Crippen LogP contribution < -0.4 is 5.32 Å². The number of halogens is 2. The zero-order chi connectivity index (χ0) is 13.4. The van der Waals surface area contributed by atoms with E-state index in [1.54, 1.807) is 6.07 Å². The predicted molar refractivity (Wildman–Crippen MR) is 81.7 cm³/mol. The largest absolute Gasteiger partial charge is 0.331 e.